The summed E-state index contributed by atoms with van der Waals surface area (Å²) >= 11 is 4.72. The van der Waals surface area contributed by atoms with Crippen LogP contribution >= 0.6 is 27.7 Å². The number of halogens is 1. The van der Waals surface area contributed by atoms with E-state index in [4.69, 9.17) is 9.47 Å². The van der Waals surface area contributed by atoms with Gasteiger partial charge in [-0.15, -0.1) is 0 Å². The highest BCUT2D eigenvalue weighted by molar-refractivity contribution is 9.10. The number of nitrogens with one attached hydrogen (secondary N) is 2. The summed E-state index contributed by atoms with van der Waals surface area (Å²) in [6.07, 6.45) is 1.82. The minimum absolute atomic E-state index is 0.0865. The van der Waals surface area contributed by atoms with Crippen LogP contribution in [0.5, 0.6) is 11.5 Å². The molecule has 2 aromatic rings. The summed E-state index contributed by atoms with van der Waals surface area (Å²) in [7, 11) is -1.07. The van der Waals surface area contributed by atoms with Crippen molar-refractivity contribution in [3.63, 3.8) is 0 Å². The third-order valence-electron chi connectivity index (χ3n) is 3.85. The van der Waals surface area contributed by atoms with Crippen molar-refractivity contribution in [1.82, 2.24) is 0 Å². The van der Waals surface area contributed by atoms with Crippen LogP contribution in [0.3, 0.4) is 0 Å². The van der Waals surface area contributed by atoms with Crippen LogP contribution in [0, 0.1) is 0 Å². The number of carbonyl (C=O) groups is 1. The molecule has 0 aliphatic carbocycles. The maximum absolute atomic E-state index is 12.9. The van der Waals surface area contributed by atoms with Crippen molar-refractivity contribution < 1.29 is 22.7 Å². The number of carbonyl (C=O) groups excluding carboxylic acids is 1. The first-order chi connectivity index (χ1) is 13.2. The fourth-order valence-electron chi connectivity index (χ4n) is 2.26. The molecule has 10 heteroatoms. The zero-order chi connectivity index (χ0) is 20.9. The predicted octanol–water partition coefficient (Wildman–Crippen LogP) is 3.96. The minimum atomic E-state index is -3.97. The molecule has 2 aromatic carbocycles. The summed E-state index contributed by atoms with van der Waals surface area (Å²) in [6.45, 7) is 1.77. The summed E-state index contributed by atoms with van der Waals surface area (Å²) in [5.74, 6) is 0.525. The van der Waals surface area contributed by atoms with Crippen molar-refractivity contribution in [3.8, 4) is 11.5 Å². The van der Waals surface area contributed by atoms with E-state index in [1.165, 1.54) is 38.1 Å². The zero-order valence-corrected chi connectivity index (χ0v) is 19.0. The van der Waals surface area contributed by atoms with Crippen molar-refractivity contribution >= 4 is 55.0 Å². The molecule has 0 aliphatic rings. The molecule has 28 heavy (non-hydrogen) atoms. The number of hydrogen-bond donors (Lipinski definition) is 2. The van der Waals surface area contributed by atoms with Gasteiger partial charge in [0.05, 0.1) is 29.6 Å². The lowest BCUT2D eigenvalue weighted by atomic mass is 10.3. The van der Waals surface area contributed by atoms with Crippen molar-refractivity contribution in [2.45, 2.75) is 17.1 Å². The third kappa shape index (κ3) is 5.33. The Morgan fingerprint density at radius 3 is 2.25 bits per heavy atom. The number of thioether (sulfide) groups is 1. The van der Waals surface area contributed by atoms with Gasteiger partial charge in [-0.25, -0.2) is 8.42 Å². The Morgan fingerprint density at radius 1 is 1.07 bits per heavy atom. The van der Waals surface area contributed by atoms with Crippen LogP contribution in [0.15, 0.2) is 45.8 Å². The van der Waals surface area contributed by atoms with E-state index in [1.807, 2.05) is 6.26 Å². The van der Waals surface area contributed by atoms with E-state index in [2.05, 4.69) is 26.0 Å². The third-order valence-corrected chi connectivity index (χ3v) is 6.79. The highest BCUT2D eigenvalue weighted by Crippen LogP contribution is 2.32. The SMILES string of the molecule is COc1ccc(NS(=O)(=O)c2cc(NC(=O)C(C)SC)ccc2OC)cc1Br. The van der Waals surface area contributed by atoms with Crippen molar-refractivity contribution in [2.24, 2.45) is 0 Å². The first-order valence-electron chi connectivity index (χ1n) is 8.10. The summed E-state index contributed by atoms with van der Waals surface area (Å²) < 4.78 is 39.3. The number of anilines is 2. The number of methoxy groups -OCH3 is 2. The molecule has 2 N–H and O–H groups in total. The Hall–Kier alpha value is -1.91. The van der Waals surface area contributed by atoms with E-state index in [9.17, 15) is 13.2 Å². The van der Waals surface area contributed by atoms with Gasteiger partial charge in [0.25, 0.3) is 10.0 Å². The lowest BCUT2D eigenvalue weighted by Gasteiger charge is -2.15. The van der Waals surface area contributed by atoms with Gasteiger partial charge in [-0.2, -0.15) is 11.8 Å². The van der Waals surface area contributed by atoms with Gasteiger partial charge < -0.3 is 14.8 Å². The number of amides is 1. The molecule has 152 valence electrons. The zero-order valence-electron chi connectivity index (χ0n) is 15.8. The van der Waals surface area contributed by atoms with E-state index < -0.39 is 10.0 Å². The smallest absolute Gasteiger partial charge is 0.265 e. The Balaban J connectivity index is 2.36. The van der Waals surface area contributed by atoms with Gasteiger partial charge in [-0.3, -0.25) is 9.52 Å². The molecule has 0 spiro atoms. The van der Waals surface area contributed by atoms with Gasteiger partial charge in [0.2, 0.25) is 5.91 Å². The molecular weight excluding hydrogens is 468 g/mol. The molecule has 0 aliphatic heterocycles. The summed E-state index contributed by atoms with van der Waals surface area (Å²) in [6, 6.07) is 9.27. The molecular formula is C18H21BrN2O5S2. The average molecular weight is 489 g/mol. The van der Waals surface area contributed by atoms with Crippen LogP contribution in [-0.4, -0.2) is 40.1 Å². The van der Waals surface area contributed by atoms with E-state index in [-0.39, 0.29) is 21.8 Å². The van der Waals surface area contributed by atoms with Gasteiger partial charge >= 0.3 is 0 Å². The number of sulfonamides is 1. The molecule has 0 fully saturated rings. The summed E-state index contributed by atoms with van der Waals surface area (Å²) in [5.41, 5.74) is 0.711. The second-order valence-corrected chi connectivity index (χ2v) is 9.37. The maximum atomic E-state index is 12.9. The molecule has 1 unspecified atom stereocenters. The minimum Gasteiger partial charge on any atom is -0.496 e. The van der Waals surface area contributed by atoms with Crippen molar-refractivity contribution in [1.29, 1.82) is 0 Å². The molecule has 0 bridgehead atoms. The fraction of sp³-hybridized carbons (Fsp3) is 0.278. The number of hydrogen-bond acceptors (Lipinski definition) is 6. The maximum Gasteiger partial charge on any atom is 0.265 e. The number of ether oxygens (including phenoxy) is 2. The van der Waals surface area contributed by atoms with E-state index in [1.54, 1.807) is 31.2 Å². The van der Waals surface area contributed by atoms with Crippen LogP contribution in [0.1, 0.15) is 6.92 Å². The first kappa shape index (κ1) is 22.4. The fourth-order valence-corrected chi connectivity index (χ4v) is 4.31. The summed E-state index contributed by atoms with van der Waals surface area (Å²) in [5, 5.41) is 2.45. The molecule has 0 aromatic heterocycles. The normalized spacial score (nSPS) is 12.2. The van der Waals surface area contributed by atoms with Gasteiger partial charge in [-0.05, 0) is 65.5 Å². The molecule has 0 saturated carbocycles. The number of rotatable bonds is 8. The molecule has 0 radical (unpaired) electrons. The van der Waals surface area contributed by atoms with Crippen LogP contribution in [0.25, 0.3) is 0 Å². The molecule has 1 atom stereocenters. The van der Waals surface area contributed by atoms with Crippen molar-refractivity contribution in [3.05, 3.63) is 40.9 Å². The Morgan fingerprint density at radius 2 is 1.68 bits per heavy atom. The second kappa shape index (κ2) is 9.53. The molecule has 1 amide bonds. The van der Waals surface area contributed by atoms with Crippen LogP contribution in [0.4, 0.5) is 11.4 Å². The molecule has 2 rings (SSSR count). The Kier molecular flexibility index (Phi) is 7.62. The molecule has 0 saturated heterocycles. The van der Waals surface area contributed by atoms with Crippen LogP contribution in [0.2, 0.25) is 0 Å². The molecule has 0 heterocycles. The summed E-state index contributed by atoms with van der Waals surface area (Å²) in [4.78, 5) is 12.0. The Labute approximate surface area is 177 Å². The molecule has 7 nitrogen and oxygen atoms in total. The highest BCUT2D eigenvalue weighted by Gasteiger charge is 2.22. The van der Waals surface area contributed by atoms with Gasteiger partial charge in [-0.1, -0.05) is 0 Å². The van der Waals surface area contributed by atoms with Crippen molar-refractivity contribution in [2.75, 3.05) is 30.5 Å². The predicted molar refractivity (Wildman–Crippen MR) is 116 cm³/mol. The quantitative estimate of drug-likeness (QED) is 0.583. The first-order valence-corrected chi connectivity index (χ1v) is 11.7. The standard InChI is InChI=1S/C18H21BrN2O5S2/c1-11(27-4)18(22)20-12-5-8-16(26-3)17(10-12)28(23,24)21-13-6-7-15(25-2)14(19)9-13/h5-11,21H,1-4H3,(H,20,22). The largest absolute Gasteiger partial charge is 0.496 e. The highest BCUT2D eigenvalue weighted by atomic mass is 79.9. The monoisotopic (exact) mass is 488 g/mol. The van der Waals surface area contributed by atoms with E-state index in [0.29, 0.717) is 21.6 Å². The van der Waals surface area contributed by atoms with Crippen LogP contribution < -0.4 is 19.5 Å². The Bertz CT molecular complexity index is 966. The average Bonchev–Trinajstić information content (AvgIpc) is 2.67. The van der Waals surface area contributed by atoms with E-state index >= 15 is 0 Å². The van der Waals surface area contributed by atoms with Crippen LogP contribution in [-0.2, 0) is 14.8 Å². The number of benzene rings is 2. The lowest BCUT2D eigenvalue weighted by Crippen LogP contribution is -2.22. The van der Waals surface area contributed by atoms with Gasteiger partial charge in [0.1, 0.15) is 16.4 Å². The second-order valence-electron chi connectivity index (χ2n) is 5.69. The lowest BCUT2D eigenvalue weighted by molar-refractivity contribution is -0.115. The van der Waals surface area contributed by atoms with Gasteiger partial charge in [0.15, 0.2) is 0 Å². The topological polar surface area (TPSA) is 93.7 Å². The van der Waals surface area contributed by atoms with Gasteiger partial charge in [0, 0.05) is 5.69 Å². The van der Waals surface area contributed by atoms with E-state index in [0.717, 1.165) is 0 Å².